The fourth-order valence-electron chi connectivity index (χ4n) is 1.94. The first-order chi connectivity index (χ1) is 7.60. The second kappa shape index (κ2) is 3.04. The minimum atomic E-state index is -0.159. The lowest BCUT2D eigenvalue weighted by Gasteiger charge is -2.07. The topological polar surface area (TPSA) is 56.2 Å². The minimum absolute atomic E-state index is 0.159. The molecule has 1 saturated carbocycles. The fourth-order valence-corrected chi connectivity index (χ4v) is 1.94. The van der Waals surface area contributed by atoms with Crippen molar-refractivity contribution in [3.63, 3.8) is 0 Å². The molecule has 0 amide bonds. The van der Waals surface area contributed by atoms with Crippen molar-refractivity contribution < 1.29 is 0 Å². The largest absolute Gasteiger partial charge is 0.321 e. The van der Waals surface area contributed by atoms with Crippen LogP contribution in [-0.4, -0.2) is 14.6 Å². The highest BCUT2D eigenvalue weighted by atomic mass is 15.2. The van der Waals surface area contributed by atoms with Crippen LogP contribution in [0.5, 0.6) is 0 Å². The highest BCUT2D eigenvalue weighted by molar-refractivity contribution is 5.52. The van der Waals surface area contributed by atoms with Crippen molar-refractivity contribution in [2.45, 2.75) is 38.1 Å². The Bertz CT molecular complexity index is 537. The summed E-state index contributed by atoms with van der Waals surface area (Å²) in [5, 5.41) is 4.34. The fraction of sp³-hybridized carbons (Fsp3) is 0.500. The first-order valence-electron chi connectivity index (χ1n) is 5.73. The number of nitrogens with two attached hydrogens (primary N) is 1. The van der Waals surface area contributed by atoms with Crippen LogP contribution in [0.2, 0.25) is 0 Å². The van der Waals surface area contributed by atoms with Gasteiger partial charge in [-0.05, 0) is 24.3 Å². The summed E-state index contributed by atoms with van der Waals surface area (Å²) in [4.78, 5) is 4.49. The third kappa shape index (κ3) is 1.33. The monoisotopic (exact) mass is 216 g/mol. The zero-order chi connectivity index (χ0) is 11.3. The minimum Gasteiger partial charge on any atom is -0.321 e. The van der Waals surface area contributed by atoms with E-state index in [2.05, 4.69) is 23.9 Å². The molecule has 2 N–H and O–H groups in total. The molecule has 0 bridgehead atoms. The molecule has 2 heterocycles. The zero-order valence-corrected chi connectivity index (χ0v) is 9.64. The van der Waals surface area contributed by atoms with Crippen molar-refractivity contribution in [2.75, 3.05) is 0 Å². The van der Waals surface area contributed by atoms with E-state index < -0.39 is 0 Å². The van der Waals surface area contributed by atoms with Gasteiger partial charge in [0.15, 0.2) is 5.65 Å². The van der Waals surface area contributed by atoms with Crippen molar-refractivity contribution in [3.8, 4) is 0 Å². The lowest BCUT2D eigenvalue weighted by molar-refractivity contribution is 0.744. The Labute approximate surface area is 94.5 Å². The van der Waals surface area contributed by atoms with Crippen molar-refractivity contribution in [1.29, 1.82) is 0 Å². The molecule has 1 aliphatic rings. The Hall–Kier alpha value is -1.42. The molecule has 0 aromatic carbocycles. The standard InChI is InChI=1S/C12H16N4/c1-8(2)9-5-14-11-10(12(13)3-4-12)6-15-16(11)7-9/h5-8H,3-4,13H2,1-2H3. The summed E-state index contributed by atoms with van der Waals surface area (Å²) in [5.74, 6) is 0.470. The molecule has 0 unspecified atom stereocenters. The lowest BCUT2D eigenvalue weighted by atomic mass is 10.1. The average molecular weight is 216 g/mol. The molecular weight excluding hydrogens is 200 g/mol. The summed E-state index contributed by atoms with van der Waals surface area (Å²) < 4.78 is 1.84. The molecule has 0 atom stereocenters. The van der Waals surface area contributed by atoms with E-state index in [1.807, 2.05) is 23.1 Å². The van der Waals surface area contributed by atoms with E-state index in [-0.39, 0.29) is 5.54 Å². The molecule has 16 heavy (non-hydrogen) atoms. The SMILES string of the molecule is CC(C)c1cnc2c(C3(N)CC3)cnn2c1. The Kier molecular flexibility index (Phi) is 1.86. The Morgan fingerprint density at radius 3 is 2.75 bits per heavy atom. The van der Waals surface area contributed by atoms with Gasteiger partial charge in [0, 0.05) is 23.5 Å². The molecule has 84 valence electrons. The molecule has 4 heteroatoms. The van der Waals surface area contributed by atoms with Gasteiger partial charge >= 0.3 is 0 Å². The van der Waals surface area contributed by atoms with Crippen LogP contribution in [-0.2, 0) is 5.54 Å². The van der Waals surface area contributed by atoms with Gasteiger partial charge < -0.3 is 5.73 Å². The highest BCUT2D eigenvalue weighted by Gasteiger charge is 2.42. The number of hydrogen-bond donors (Lipinski definition) is 1. The van der Waals surface area contributed by atoms with Crippen LogP contribution in [0.25, 0.3) is 5.65 Å². The molecule has 0 aliphatic heterocycles. The second-order valence-corrected chi connectivity index (χ2v) is 5.02. The van der Waals surface area contributed by atoms with Gasteiger partial charge in [0.25, 0.3) is 0 Å². The van der Waals surface area contributed by atoms with Gasteiger partial charge in [-0.25, -0.2) is 9.50 Å². The molecular formula is C12H16N4. The van der Waals surface area contributed by atoms with E-state index >= 15 is 0 Å². The number of nitrogens with zero attached hydrogens (tertiary/aromatic N) is 3. The van der Waals surface area contributed by atoms with Gasteiger partial charge in [-0.1, -0.05) is 13.8 Å². The summed E-state index contributed by atoms with van der Waals surface area (Å²) in [6.45, 7) is 4.30. The first kappa shape index (κ1) is 9.78. The number of fused-ring (bicyclic) bond motifs is 1. The predicted octanol–water partition coefficient (Wildman–Crippen LogP) is 1.80. The maximum atomic E-state index is 6.18. The molecule has 0 saturated heterocycles. The first-order valence-corrected chi connectivity index (χ1v) is 5.73. The molecule has 1 aliphatic carbocycles. The molecule has 2 aromatic rings. The van der Waals surface area contributed by atoms with E-state index in [1.165, 1.54) is 5.56 Å². The molecule has 3 rings (SSSR count). The Balaban J connectivity index is 2.15. The quantitative estimate of drug-likeness (QED) is 0.832. The van der Waals surface area contributed by atoms with Crippen LogP contribution in [0.1, 0.15) is 43.7 Å². The van der Waals surface area contributed by atoms with E-state index in [1.54, 1.807) is 0 Å². The molecule has 0 spiro atoms. The summed E-state index contributed by atoms with van der Waals surface area (Å²) in [6, 6.07) is 0. The van der Waals surface area contributed by atoms with Crippen molar-refractivity contribution >= 4 is 5.65 Å². The molecule has 2 aromatic heterocycles. The summed E-state index contributed by atoms with van der Waals surface area (Å²) in [7, 11) is 0. The smallest absolute Gasteiger partial charge is 0.159 e. The van der Waals surface area contributed by atoms with E-state index in [0.717, 1.165) is 24.1 Å². The third-order valence-electron chi connectivity index (χ3n) is 3.37. The van der Waals surface area contributed by atoms with Gasteiger partial charge in [-0.15, -0.1) is 0 Å². The maximum absolute atomic E-state index is 6.18. The van der Waals surface area contributed by atoms with Crippen LogP contribution in [0.3, 0.4) is 0 Å². The van der Waals surface area contributed by atoms with Crippen molar-refractivity contribution in [3.05, 3.63) is 29.7 Å². The molecule has 0 radical (unpaired) electrons. The summed E-state index contributed by atoms with van der Waals surface area (Å²) in [6.07, 6.45) is 7.92. The van der Waals surface area contributed by atoms with Gasteiger partial charge in [0.2, 0.25) is 0 Å². The van der Waals surface area contributed by atoms with E-state index in [4.69, 9.17) is 5.73 Å². The molecule has 4 nitrogen and oxygen atoms in total. The Morgan fingerprint density at radius 1 is 1.38 bits per heavy atom. The summed E-state index contributed by atoms with van der Waals surface area (Å²) in [5.41, 5.74) is 9.22. The number of rotatable bonds is 2. The van der Waals surface area contributed by atoms with Crippen LogP contribution < -0.4 is 5.73 Å². The van der Waals surface area contributed by atoms with Gasteiger partial charge in [0.05, 0.1) is 6.20 Å². The third-order valence-corrected chi connectivity index (χ3v) is 3.37. The van der Waals surface area contributed by atoms with Crippen LogP contribution in [0.15, 0.2) is 18.6 Å². The second-order valence-electron chi connectivity index (χ2n) is 5.02. The lowest BCUT2D eigenvalue weighted by Crippen LogP contribution is -2.18. The van der Waals surface area contributed by atoms with Crippen LogP contribution in [0.4, 0.5) is 0 Å². The predicted molar refractivity (Wildman–Crippen MR) is 62.2 cm³/mol. The van der Waals surface area contributed by atoms with Crippen LogP contribution >= 0.6 is 0 Å². The molecule has 1 fully saturated rings. The van der Waals surface area contributed by atoms with Crippen molar-refractivity contribution in [2.24, 2.45) is 5.73 Å². The summed E-state index contributed by atoms with van der Waals surface area (Å²) >= 11 is 0. The van der Waals surface area contributed by atoms with Gasteiger partial charge in [0.1, 0.15) is 0 Å². The van der Waals surface area contributed by atoms with Crippen LogP contribution in [0, 0.1) is 0 Å². The maximum Gasteiger partial charge on any atom is 0.159 e. The number of hydrogen-bond acceptors (Lipinski definition) is 3. The van der Waals surface area contributed by atoms with Gasteiger partial charge in [-0.2, -0.15) is 5.10 Å². The normalized spacial score (nSPS) is 18.2. The Morgan fingerprint density at radius 2 is 2.12 bits per heavy atom. The highest BCUT2D eigenvalue weighted by Crippen LogP contribution is 2.43. The van der Waals surface area contributed by atoms with Crippen molar-refractivity contribution in [1.82, 2.24) is 14.6 Å². The van der Waals surface area contributed by atoms with E-state index in [9.17, 15) is 0 Å². The zero-order valence-electron chi connectivity index (χ0n) is 9.64. The average Bonchev–Trinajstić information content (AvgIpc) is 2.86. The van der Waals surface area contributed by atoms with Gasteiger partial charge in [-0.3, -0.25) is 0 Å². The number of aromatic nitrogens is 3. The van der Waals surface area contributed by atoms with E-state index in [0.29, 0.717) is 5.92 Å².